The van der Waals surface area contributed by atoms with Gasteiger partial charge in [0.15, 0.2) is 0 Å². The van der Waals surface area contributed by atoms with E-state index in [0.717, 1.165) is 103 Å². The summed E-state index contributed by atoms with van der Waals surface area (Å²) in [6.45, 7) is 6.76. The molecule has 0 spiro atoms. The number of esters is 1. The summed E-state index contributed by atoms with van der Waals surface area (Å²) in [4.78, 5) is 40.1. The number of hydrogen-bond acceptors (Lipinski definition) is 7. The summed E-state index contributed by atoms with van der Waals surface area (Å²) in [6.07, 6.45) is 84.8. The molecule has 0 aliphatic rings. The van der Waals surface area contributed by atoms with Crippen molar-refractivity contribution in [2.75, 3.05) is 40.9 Å². The highest BCUT2D eigenvalue weighted by molar-refractivity contribution is 7.45. The number of rotatable bonds is 61. The van der Waals surface area contributed by atoms with Crippen LogP contribution in [0.3, 0.4) is 0 Å². The average Bonchev–Trinajstić information content (AvgIpc) is 3.46. The molecule has 0 aromatic rings. The fourth-order valence-corrected chi connectivity index (χ4v) is 10.1. The highest BCUT2D eigenvalue weighted by atomic mass is 31.2. The summed E-state index contributed by atoms with van der Waals surface area (Å²) in [5, 5.41) is 3.02. The van der Waals surface area contributed by atoms with Gasteiger partial charge in [0.05, 0.1) is 33.8 Å². The van der Waals surface area contributed by atoms with Gasteiger partial charge in [-0.05, 0) is 122 Å². The summed E-state index contributed by atoms with van der Waals surface area (Å²) >= 11 is 0. The Kier molecular flexibility index (Phi) is 59.3. The smallest absolute Gasteiger partial charge is 0.306 e. The number of phosphoric ester groups is 1. The fourth-order valence-electron chi connectivity index (χ4n) is 9.37. The van der Waals surface area contributed by atoms with E-state index in [1.54, 1.807) is 0 Å². The van der Waals surface area contributed by atoms with Crippen molar-refractivity contribution in [1.29, 1.82) is 0 Å². The maximum absolute atomic E-state index is 13.6. The molecule has 3 unspecified atom stereocenters. The van der Waals surface area contributed by atoms with E-state index < -0.39 is 26.6 Å². The Morgan fingerprint density at radius 1 is 0.422 bits per heavy atom. The van der Waals surface area contributed by atoms with E-state index in [1.165, 1.54) is 141 Å². The Bertz CT molecular complexity index is 1790. The molecule has 9 nitrogen and oxygen atoms in total. The lowest BCUT2D eigenvalue weighted by Gasteiger charge is -2.30. The second kappa shape index (κ2) is 61.7. The number of likely N-dealkylation sites (N-methyl/N-ethyl adjacent to an activating group) is 1. The van der Waals surface area contributed by atoms with Crippen molar-refractivity contribution in [3.05, 3.63) is 109 Å². The minimum absolute atomic E-state index is 0.0348. The van der Waals surface area contributed by atoms with E-state index >= 15 is 0 Å². The molecule has 83 heavy (non-hydrogen) atoms. The molecule has 478 valence electrons. The number of nitrogens with zero attached hydrogens (tertiary/aromatic N) is 1. The Hall–Kier alpha value is -3.33. The number of carbonyl (C=O) groups is 2. The second-order valence-corrected chi connectivity index (χ2v) is 25.4. The highest BCUT2D eigenvalue weighted by Crippen LogP contribution is 2.38. The second-order valence-electron chi connectivity index (χ2n) is 24.0. The van der Waals surface area contributed by atoms with Crippen molar-refractivity contribution in [2.45, 2.75) is 303 Å². The molecule has 0 aliphatic carbocycles. The number of phosphoric acid groups is 1. The van der Waals surface area contributed by atoms with Crippen LogP contribution in [0, 0.1) is 0 Å². The normalized spacial score (nSPS) is 14.3. The number of amides is 1. The summed E-state index contributed by atoms with van der Waals surface area (Å²) in [7, 11) is 1.15. The molecule has 3 atom stereocenters. The number of nitrogens with one attached hydrogen (secondary N) is 1. The van der Waals surface area contributed by atoms with Gasteiger partial charge in [0.1, 0.15) is 19.3 Å². The minimum Gasteiger partial charge on any atom is -0.756 e. The Balaban J connectivity index is 5.23. The lowest BCUT2D eigenvalue weighted by atomic mass is 10.0. The molecule has 0 aromatic heterocycles. The van der Waals surface area contributed by atoms with Gasteiger partial charge >= 0.3 is 5.97 Å². The zero-order valence-electron chi connectivity index (χ0n) is 54.6. The average molecular weight is 1180 g/mol. The molecule has 0 saturated carbocycles. The summed E-state index contributed by atoms with van der Waals surface area (Å²) in [5.74, 6) is -0.585. The standard InChI is InChI=1S/C73H129N2O7P/c1-7-10-13-16-19-22-25-28-30-32-34-35-36-37-38-39-41-43-45-48-51-54-57-60-63-66-73(77)82-71(64-61-58-55-52-49-46-27-24-21-18-15-12-9-3)70(69-81-83(78,79)80-68-67-75(4,5)6)74-72(76)65-62-59-56-53-50-47-44-42-40-33-31-29-26-23-20-17-14-11-8-2/h19-20,22-23,28-31,34-35,37-38,40,42,47,50,61,64,70-71H,7-18,21,24-27,32-33,36,39,41,43-46,48-49,51-60,62-63,65-69H2,1-6H3,(H-,74,76,78,79)/b22-19-,23-20-,30-28-,31-29-,35-34-,38-37-,42-40-,50-47-,64-61-. The van der Waals surface area contributed by atoms with E-state index in [9.17, 15) is 19.0 Å². The van der Waals surface area contributed by atoms with Crippen LogP contribution in [0.2, 0.25) is 0 Å². The quantitative estimate of drug-likeness (QED) is 0.0212. The van der Waals surface area contributed by atoms with Crippen molar-refractivity contribution in [3.8, 4) is 0 Å². The van der Waals surface area contributed by atoms with Gasteiger partial charge in [-0.1, -0.05) is 265 Å². The van der Waals surface area contributed by atoms with Gasteiger partial charge in [-0.3, -0.25) is 14.2 Å². The number of unbranched alkanes of at least 4 members (excludes halogenated alkanes) is 29. The van der Waals surface area contributed by atoms with Gasteiger partial charge in [0.25, 0.3) is 7.82 Å². The van der Waals surface area contributed by atoms with Gasteiger partial charge in [-0.25, -0.2) is 0 Å². The minimum atomic E-state index is -4.72. The molecular weight excluding hydrogens is 1050 g/mol. The predicted molar refractivity (Wildman–Crippen MR) is 357 cm³/mol. The largest absolute Gasteiger partial charge is 0.756 e. The monoisotopic (exact) mass is 1180 g/mol. The van der Waals surface area contributed by atoms with Crippen LogP contribution in [0.15, 0.2) is 109 Å². The zero-order chi connectivity index (χ0) is 60.7. The number of carbonyl (C=O) groups excluding carboxylic acids is 2. The van der Waals surface area contributed by atoms with Crippen LogP contribution in [0.4, 0.5) is 0 Å². The molecular formula is C73H129N2O7P. The lowest BCUT2D eigenvalue weighted by Crippen LogP contribution is -2.47. The molecule has 0 saturated heterocycles. The van der Waals surface area contributed by atoms with Crippen molar-refractivity contribution in [2.24, 2.45) is 0 Å². The molecule has 0 heterocycles. The van der Waals surface area contributed by atoms with Crippen LogP contribution in [-0.4, -0.2) is 69.4 Å². The van der Waals surface area contributed by atoms with E-state index in [0.29, 0.717) is 23.9 Å². The Morgan fingerprint density at radius 3 is 1.13 bits per heavy atom. The molecule has 1 N–H and O–H groups in total. The first kappa shape index (κ1) is 79.7. The van der Waals surface area contributed by atoms with Crippen LogP contribution in [-0.2, 0) is 27.9 Å². The van der Waals surface area contributed by atoms with Crippen LogP contribution < -0.4 is 10.2 Å². The molecule has 10 heteroatoms. The zero-order valence-corrected chi connectivity index (χ0v) is 55.5. The van der Waals surface area contributed by atoms with E-state index in [-0.39, 0.29) is 31.3 Å². The van der Waals surface area contributed by atoms with Gasteiger partial charge in [0, 0.05) is 12.8 Å². The predicted octanol–water partition coefficient (Wildman–Crippen LogP) is 21.0. The summed E-state index contributed by atoms with van der Waals surface area (Å²) < 4.78 is 30.4. The maximum atomic E-state index is 13.6. The lowest BCUT2D eigenvalue weighted by molar-refractivity contribution is -0.870. The first-order chi connectivity index (χ1) is 40.4. The van der Waals surface area contributed by atoms with Crippen molar-refractivity contribution in [3.63, 3.8) is 0 Å². The van der Waals surface area contributed by atoms with Gasteiger partial charge in [-0.15, -0.1) is 0 Å². The summed E-state index contributed by atoms with van der Waals surface area (Å²) in [5.41, 5.74) is 0. The first-order valence-corrected chi connectivity index (χ1v) is 35.7. The molecule has 0 aliphatic heterocycles. The first-order valence-electron chi connectivity index (χ1n) is 34.2. The van der Waals surface area contributed by atoms with Crippen LogP contribution in [0.1, 0.15) is 290 Å². The Morgan fingerprint density at radius 2 is 0.735 bits per heavy atom. The number of hydrogen-bond donors (Lipinski definition) is 1. The van der Waals surface area contributed by atoms with Crippen LogP contribution >= 0.6 is 7.82 Å². The number of ether oxygens (including phenoxy) is 1. The van der Waals surface area contributed by atoms with Crippen LogP contribution in [0.5, 0.6) is 0 Å². The SMILES string of the molecule is CCCCC/C=C\C/C=C\C/C=C\C/C=C\CCCCCCCCCCCC(=O)OC(/C=C\CCCCCCCCCCCCC)C(COP(=O)([O-])OCC[N+](C)(C)C)NC(=O)CCCCC/C=C\C/C=C\C/C=C\C/C=C\CCCCC. The van der Waals surface area contributed by atoms with Gasteiger partial charge in [0.2, 0.25) is 5.91 Å². The molecule has 0 bridgehead atoms. The van der Waals surface area contributed by atoms with E-state index in [1.807, 2.05) is 33.3 Å². The van der Waals surface area contributed by atoms with Crippen molar-refractivity contribution >= 4 is 19.7 Å². The van der Waals surface area contributed by atoms with E-state index in [2.05, 4.69) is 123 Å². The Labute approximate surface area is 512 Å². The van der Waals surface area contributed by atoms with Crippen LogP contribution in [0.25, 0.3) is 0 Å². The van der Waals surface area contributed by atoms with Gasteiger partial charge in [-0.2, -0.15) is 0 Å². The molecule has 0 aromatic carbocycles. The fraction of sp³-hybridized carbons (Fsp3) is 0.726. The van der Waals surface area contributed by atoms with Gasteiger partial charge < -0.3 is 28.5 Å². The third kappa shape index (κ3) is 63.0. The number of allylic oxidation sites excluding steroid dienone is 17. The maximum Gasteiger partial charge on any atom is 0.306 e. The molecule has 0 rings (SSSR count). The van der Waals surface area contributed by atoms with Crippen molar-refractivity contribution < 1.29 is 37.3 Å². The highest BCUT2D eigenvalue weighted by Gasteiger charge is 2.27. The molecule has 0 radical (unpaired) electrons. The third-order valence-electron chi connectivity index (χ3n) is 14.7. The third-order valence-corrected chi connectivity index (χ3v) is 15.6. The molecule has 1 amide bonds. The summed E-state index contributed by atoms with van der Waals surface area (Å²) in [6, 6.07) is -0.915. The van der Waals surface area contributed by atoms with Crippen molar-refractivity contribution in [1.82, 2.24) is 5.32 Å². The number of quaternary nitrogens is 1. The topological polar surface area (TPSA) is 114 Å². The van der Waals surface area contributed by atoms with E-state index in [4.69, 9.17) is 13.8 Å². The molecule has 0 fully saturated rings.